The molecule has 0 fully saturated rings. The number of aryl methyl sites for hydroxylation is 1. The molecular weight excluding hydrogens is 339 g/mol. The summed E-state index contributed by atoms with van der Waals surface area (Å²) in [6.45, 7) is 3.66. The molecule has 0 aliphatic rings. The standard InChI is InChI=1S/C19H17FN2O2S/c1-12-6-8-16(9-7-12)24-13(2)18(23)22-19-21-17(11-25-19)14-4-3-5-15(20)10-14/h3-11,13H,1-2H3,(H,21,22,23)/t13-/m1/s1. The summed E-state index contributed by atoms with van der Waals surface area (Å²) in [5, 5.41) is 4.95. The SMILES string of the molecule is Cc1ccc(O[C@H](C)C(=O)Nc2nc(-c3cccc(F)c3)cs2)cc1. The summed E-state index contributed by atoms with van der Waals surface area (Å²) in [7, 11) is 0. The third-order valence-electron chi connectivity index (χ3n) is 3.56. The zero-order valence-electron chi connectivity index (χ0n) is 13.8. The fourth-order valence-electron chi connectivity index (χ4n) is 2.19. The van der Waals surface area contributed by atoms with Crippen LogP contribution < -0.4 is 10.1 Å². The van der Waals surface area contributed by atoms with Crippen molar-refractivity contribution in [3.05, 3.63) is 65.3 Å². The highest BCUT2D eigenvalue weighted by Crippen LogP contribution is 2.25. The Hall–Kier alpha value is -2.73. The summed E-state index contributed by atoms with van der Waals surface area (Å²) in [5.41, 5.74) is 2.41. The maximum absolute atomic E-state index is 13.3. The summed E-state index contributed by atoms with van der Waals surface area (Å²) >= 11 is 1.28. The van der Waals surface area contributed by atoms with E-state index in [0.29, 0.717) is 22.1 Å². The van der Waals surface area contributed by atoms with Gasteiger partial charge in [-0.1, -0.05) is 29.8 Å². The van der Waals surface area contributed by atoms with Crippen molar-refractivity contribution in [2.75, 3.05) is 5.32 Å². The number of rotatable bonds is 5. The number of anilines is 1. The molecule has 0 aliphatic heterocycles. The molecular formula is C19H17FN2O2S. The molecule has 0 saturated heterocycles. The van der Waals surface area contributed by atoms with Gasteiger partial charge in [0, 0.05) is 10.9 Å². The van der Waals surface area contributed by atoms with Crippen molar-refractivity contribution in [2.24, 2.45) is 0 Å². The van der Waals surface area contributed by atoms with Crippen LogP contribution in [0.25, 0.3) is 11.3 Å². The van der Waals surface area contributed by atoms with Gasteiger partial charge in [0.15, 0.2) is 11.2 Å². The van der Waals surface area contributed by atoms with Gasteiger partial charge >= 0.3 is 0 Å². The highest BCUT2D eigenvalue weighted by Gasteiger charge is 2.16. The molecule has 0 bridgehead atoms. The second kappa shape index (κ2) is 7.44. The summed E-state index contributed by atoms with van der Waals surface area (Å²) in [6, 6.07) is 13.7. The Kier molecular flexibility index (Phi) is 5.09. The molecule has 0 aliphatic carbocycles. The molecule has 0 saturated carbocycles. The number of carbonyl (C=O) groups excluding carboxylic acids is 1. The smallest absolute Gasteiger partial charge is 0.266 e. The number of benzene rings is 2. The van der Waals surface area contributed by atoms with Crippen molar-refractivity contribution in [1.29, 1.82) is 0 Å². The second-order valence-corrected chi connectivity index (χ2v) is 6.47. The molecule has 0 unspecified atom stereocenters. The van der Waals surface area contributed by atoms with Crippen LogP contribution in [0.1, 0.15) is 12.5 Å². The summed E-state index contributed by atoms with van der Waals surface area (Å²) in [4.78, 5) is 16.6. The van der Waals surface area contributed by atoms with E-state index in [4.69, 9.17) is 4.74 Å². The predicted molar refractivity (Wildman–Crippen MR) is 97.4 cm³/mol. The Bertz CT molecular complexity index is 877. The minimum absolute atomic E-state index is 0.291. The van der Waals surface area contributed by atoms with Crippen LogP contribution >= 0.6 is 11.3 Å². The van der Waals surface area contributed by atoms with Gasteiger partial charge in [-0.15, -0.1) is 11.3 Å². The molecule has 6 heteroatoms. The van der Waals surface area contributed by atoms with Gasteiger partial charge in [0.25, 0.3) is 5.91 Å². The predicted octanol–water partition coefficient (Wildman–Crippen LogP) is 4.66. The molecule has 128 valence electrons. The van der Waals surface area contributed by atoms with Gasteiger partial charge < -0.3 is 4.74 Å². The molecule has 2 aromatic carbocycles. The third-order valence-corrected chi connectivity index (χ3v) is 4.32. The van der Waals surface area contributed by atoms with Crippen molar-refractivity contribution < 1.29 is 13.9 Å². The highest BCUT2D eigenvalue weighted by molar-refractivity contribution is 7.14. The minimum Gasteiger partial charge on any atom is -0.481 e. The molecule has 1 heterocycles. The largest absolute Gasteiger partial charge is 0.481 e. The first-order valence-electron chi connectivity index (χ1n) is 7.77. The first-order chi connectivity index (χ1) is 12.0. The molecule has 3 rings (SSSR count). The Morgan fingerprint density at radius 3 is 2.72 bits per heavy atom. The van der Waals surface area contributed by atoms with E-state index in [9.17, 15) is 9.18 Å². The minimum atomic E-state index is -0.663. The van der Waals surface area contributed by atoms with Crippen molar-refractivity contribution in [3.8, 4) is 17.0 Å². The molecule has 0 radical (unpaired) electrons. The number of hydrogen-bond donors (Lipinski definition) is 1. The zero-order chi connectivity index (χ0) is 17.8. The maximum atomic E-state index is 13.3. The number of nitrogens with one attached hydrogen (secondary N) is 1. The van der Waals surface area contributed by atoms with Gasteiger partial charge in [-0.25, -0.2) is 9.37 Å². The van der Waals surface area contributed by atoms with E-state index in [1.54, 1.807) is 24.4 Å². The van der Waals surface area contributed by atoms with E-state index in [0.717, 1.165) is 5.56 Å². The molecule has 1 amide bonds. The van der Waals surface area contributed by atoms with E-state index in [-0.39, 0.29) is 11.7 Å². The zero-order valence-corrected chi connectivity index (χ0v) is 14.6. The highest BCUT2D eigenvalue weighted by atomic mass is 32.1. The van der Waals surface area contributed by atoms with Gasteiger partial charge in [0.05, 0.1) is 5.69 Å². The quantitative estimate of drug-likeness (QED) is 0.723. The summed E-state index contributed by atoms with van der Waals surface area (Å²) < 4.78 is 18.9. The van der Waals surface area contributed by atoms with Crippen LogP contribution in [0.5, 0.6) is 5.75 Å². The number of thiazole rings is 1. The normalized spacial score (nSPS) is 11.8. The summed E-state index contributed by atoms with van der Waals surface area (Å²) in [5.74, 6) is 0.0183. The number of aromatic nitrogens is 1. The topological polar surface area (TPSA) is 51.2 Å². The number of amides is 1. The van der Waals surface area contributed by atoms with E-state index < -0.39 is 6.10 Å². The first-order valence-corrected chi connectivity index (χ1v) is 8.65. The van der Waals surface area contributed by atoms with Gasteiger partial charge in [0.1, 0.15) is 11.6 Å². The van der Waals surface area contributed by atoms with E-state index in [1.165, 1.54) is 23.5 Å². The third kappa shape index (κ3) is 4.42. The van der Waals surface area contributed by atoms with E-state index in [2.05, 4.69) is 10.3 Å². The van der Waals surface area contributed by atoms with Gasteiger partial charge in [-0.2, -0.15) is 0 Å². The van der Waals surface area contributed by atoms with Crippen LogP contribution in [-0.2, 0) is 4.79 Å². The van der Waals surface area contributed by atoms with Crippen LogP contribution in [0.15, 0.2) is 53.9 Å². The monoisotopic (exact) mass is 356 g/mol. The number of carbonyl (C=O) groups is 1. The number of nitrogens with zero attached hydrogens (tertiary/aromatic N) is 1. The average molecular weight is 356 g/mol. The maximum Gasteiger partial charge on any atom is 0.266 e. The lowest BCUT2D eigenvalue weighted by molar-refractivity contribution is -0.122. The lowest BCUT2D eigenvalue weighted by atomic mass is 10.2. The van der Waals surface area contributed by atoms with Crippen LogP contribution in [0.2, 0.25) is 0 Å². The number of halogens is 1. The van der Waals surface area contributed by atoms with Gasteiger partial charge in [-0.05, 0) is 38.1 Å². The fourth-order valence-corrected chi connectivity index (χ4v) is 2.92. The number of hydrogen-bond acceptors (Lipinski definition) is 4. The molecule has 1 aromatic heterocycles. The Labute approximate surface area is 149 Å². The second-order valence-electron chi connectivity index (χ2n) is 5.61. The van der Waals surface area contributed by atoms with Crippen LogP contribution in [-0.4, -0.2) is 17.0 Å². The molecule has 1 N–H and O–H groups in total. The van der Waals surface area contributed by atoms with E-state index >= 15 is 0 Å². The molecule has 3 aromatic rings. The van der Waals surface area contributed by atoms with E-state index in [1.807, 2.05) is 31.2 Å². The fraction of sp³-hybridized carbons (Fsp3) is 0.158. The Morgan fingerprint density at radius 1 is 1.24 bits per heavy atom. The van der Waals surface area contributed by atoms with Crippen molar-refractivity contribution in [2.45, 2.75) is 20.0 Å². The molecule has 1 atom stereocenters. The summed E-state index contributed by atoms with van der Waals surface area (Å²) in [6.07, 6.45) is -0.663. The molecule has 25 heavy (non-hydrogen) atoms. The van der Waals surface area contributed by atoms with Crippen molar-refractivity contribution in [3.63, 3.8) is 0 Å². The Balaban J connectivity index is 1.64. The van der Waals surface area contributed by atoms with Crippen LogP contribution in [0.4, 0.5) is 9.52 Å². The lowest BCUT2D eigenvalue weighted by Gasteiger charge is -2.13. The van der Waals surface area contributed by atoms with Crippen LogP contribution in [0, 0.1) is 12.7 Å². The van der Waals surface area contributed by atoms with Crippen molar-refractivity contribution >= 4 is 22.4 Å². The van der Waals surface area contributed by atoms with Crippen molar-refractivity contribution in [1.82, 2.24) is 4.98 Å². The molecule has 4 nitrogen and oxygen atoms in total. The Morgan fingerprint density at radius 2 is 2.00 bits per heavy atom. The van der Waals surface area contributed by atoms with Gasteiger partial charge in [-0.3, -0.25) is 10.1 Å². The van der Waals surface area contributed by atoms with Gasteiger partial charge in [0.2, 0.25) is 0 Å². The number of ether oxygens (including phenoxy) is 1. The average Bonchev–Trinajstić information content (AvgIpc) is 3.05. The lowest BCUT2D eigenvalue weighted by Crippen LogP contribution is -2.30. The molecule has 0 spiro atoms. The van der Waals surface area contributed by atoms with Crippen LogP contribution in [0.3, 0.4) is 0 Å². The first kappa shape index (κ1) is 17.1.